The van der Waals surface area contributed by atoms with Gasteiger partial charge in [0.25, 0.3) is 0 Å². The van der Waals surface area contributed by atoms with Gasteiger partial charge in [-0.15, -0.1) is 0 Å². The monoisotopic (exact) mass is 231 g/mol. The van der Waals surface area contributed by atoms with Crippen LogP contribution in [0.15, 0.2) is 0 Å². The lowest BCUT2D eigenvalue weighted by Crippen LogP contribution is -2.44. The van der Waals surface area contributed by atoms with Crippen LogP contribution in [0.4, 0.5) is 0 Å². The Bertz CT molecular complexity index is 355. The largest absolute Gasteiger partial charge is 0.297 e. The summed E-state index contributed by atoms with van der Waals surface area (Å²) < 4.78 is 23.7. The van der Waals surface area contributed by atoms with Gasteiger partial charge >= 0.3 is 0 Å². The molecule has 0 radical (unpaired) electrons. The van der Waals surface area contributed by atoms with Crippen molar-refractivity contribution in [1.29, 1.82) is 0 Å². The molecule has 0 bridgehead atoms. The van der Waals surface area contributed by atoms with Crippen molar-refractivity contribution in [1.82, 2.24) is 4.90 Å². The molecule has 88 valence electrons. The minimum Gasteiger partial charge on any atom is -0.297 e. The SMILES string of the molecule is CC(C)(C)N1CC[C@]2(CCCS2(=O)=O)C1. The Balaban J connectivity index is 2.23. The Morgan fingerprint density at radius 3 is 2.27 bits per heavy atom. The topological polar surface area (TPSA) is 37.4 Å². The van der Waals surface area contributed by atoms with Gasteiger partial charge in [-0.3, -0.25) is 4.90 Å². The average molecular weight is 231 g/mol. The van der Waals surface area contributed by atoms with E-state index >= 15 is 0 Å². The van der Waals surface area contributed by atoms with Gasteiger partial charge in [0, 0.05) is 18.6 Å². The van der Waals surface area contributed by atoms with Crippen LogP contribution in [0.2, 0.25) is 0 Å². The van der Waals surface area contributed by atoms with Gasteiger partial charge in [-0.05, 0) is 40.0 Å². The lowest BCUT2D eigenvalue weighted by molar-refractivity contribution is 0.170. The molecule has 0 aromatic heterocycles. The van der Waals surface area contributed by atoms with Crippen molar-refractivity contribution in [2.45, 2.75) is 50.3 Å². The predicted molar refractivity (Wildman–Crippen MR) is 61.7 cm³/mol. The third-order valence-corrected chi connectivity index (χ3v) is 6.65. The van der Waals surface area contributed by atoms with Gasteiger partial charge in [0.05, 0.1) is 10.5 Å². The van der Waals surface area contributed by atoms with Crippen LogP contribution in [-0.2, 0) is 9.84 Å². The molecule has 0 N–H and O–H groups in total. The third kappa shape index (κ3) is 1.72. The third-order valence-electron chi connectivity index (χ3n) is 3.97. The van der Waals surface area contributed by atoms with Crippen molar-refractivity contribution in [2.75, 3.05) is 18.8 Å². The van der Waals surface area contributed by atoms with Crippen LogP contribution in [0.5, 0.6) is 0 Å². The zero-order chi connectivity index (χ0) is 11.3. The highest BCUT2D eigenvalue weighted by atomic mass is 32.2. The molecule has 2 saturated heterocycles. The Kier molecular flexibility index (Phi) is 2.43. The molecule has 1 spiro atoms. The van der Waals surface area contributed by atoms with Crippen LogP contribution >= 0.6 is 0 Å². The lowest BCUT2D eigenvalue weighted by Gasteiger charge is -2.33. The summed E-state index contributed by atoms with van der Waals surface area (Å²) in [5, 5.41) is 0. The zero-order valence-corrected chi connectivity index (χ0v) is 10.7. The van der Waals surface area contributed by atoms with Crippen molar-refractivity contribution >= 4 is 9.84 Å². The van der Waals surface area contributed by atoms with Crippen LogP contribution in [0, 0.1) is 0 Å². The normalized spacial score (nSPS) is 36.5. The van der Waals surface area contributed by atoms with Gasteiger partial charge in [-0.25, -0.2) is 8.42 Å². The summed E-state index contributed by atoms with van der Waals surface area (Å²) in [4.78, 5) is 2.32. The van der Waals surface area contributed by atoms with E-state index < -0.39 is 9.84 Å². The molecule has 0 saturated carbocycles. The first-order chi connectivity index (χ1) is 6.77. The molecule has 3 nitrogen and oxygen atoms in total. The molecule has 0 aromatic rings. The van der Waals surface area contributed by atoms with E-state index in [0.29, 0.717) is 5.75 Å². The molecule has 0 aromatic carbocycles. The van der Waals surface area contributed by atoms with E-state index in [1.165, 1.54) is 0 Å². The Labute approximate surface area is 92.8 Å². The fourth-order valence-electron chi connectivity index (χ4n) is 2.83. The molecule has 2 aliphatic rings. The summed E-state index contributed by atoms with van der Waals surface area (Å²) in [6, 6.07) is 0. The summed E-state index contributed by atoms with van der Waals surface area (Å²) in [7, 11) is -2.82. The molecule has 4 heteroatoms. The van der Waals surface area contributed by atoms with E-state index in [9.17, 15) is 8.42 Å². The molecule has 0 unspecified atom stereocenters. The number of hydrogen-bond donors (Lipinski definition) is 0. The first-order valence-corrected chi connectivity index (χ1v) is 7.40. The van der Waals surface area contributed by atoms with E-state index in [4.69, 9.17) is 0 Å². The van der Waals surface area contributed by atoms with Crippen LogP contribution in [0.25, 0.3) is 0 Å². The van der Waals surface area contributed by atoms with Gasteiger partial charge in [0.1, 0.15) is 0 Å². The minimum atomic E-state index is -2.82. The molecule has 0 aliphatic carbocycles. The lowest BCUT2D eigenvalue weighted by atomic mass is 10.0. The highest BCUT2D eigenvalue weighted by Gasteiger charge is 2.52. The Morgan fingerprint density at radius 2 is 1.87 bits per heavy atom. The number of hydrogen-bond acceptors (Lipinski definition) is 3. The summed E-state index contributed by atoms with van der Waals surface area (Å²) in [6.45, 7) is 8.16. The highest BCUT2D eigenvalue weighted by molar-refractivity contribution is 7.93. The molecule has 2 fully saturated rings. The summed E-state index contributed by atoms with van der Waals surface area (Å²) in [5.74, 6) is 0.408. The van der Waals surface area contributed by atoms with Gasteiger partial charge < -0.3 is 0 Å². The Morgan fingerprint density at radius 1 is 1.20 bits per heavy atom. The van der Waals surface area contributed by atoms with Crippen LogP contribution in [0.1, 0.15) is 40.0 Å². The van der Waals surface area contributed by atoms with Gasteiger partial charge in [-0.2, -0.15) is 0 Å². The molecule has 1 atom stereocenters. The Hall–Kier alpha value is -0.0900. The highest BCUT2D eigenvalue weighted by Crippen LogP contribution is 2.41. The predicted octanol–water partition coefficient (Wildman–Crippen LogP) is 1.44. The van der Waals surface area contributed by atoms with Crippen LogP contribution in [0.3, 0.4) is 0 Å². The second-order valence-corrected chi connectivity index (χ2v) is 8.45. The standard InChI is InChI=1S/C11H21NO2S/c1-10(2,3)12-7-6-11(9-12)5-4-8-15(11,13)14/h4-9H2,1-3H3/t11-/m1/s1. The van der Waals surface area contributed by atoms with Gasteiger partial charge in [-0.1, -0.05) is 0 Å². The van der Waals surface area contributed by atoms with E-state index in [1.54, 1.807) is 0 Å². The first kappa shape index (κ1) is 11.4. The van der Waals surface area contributed by atoms with E-state index in [2.05, 4.69) is 25.7 Å². The van der Waals surface area contributed by atoms with Crippen LogP contribution in [-0.4, -0.2) is 42.4 Å². The number of sulfone groups is 1. The van der Waals surface area contributed by atoms with Crippen molar-refractivity contribution in [3.63, 3.8) is 0 Å². The van der Waals surface area contributed by atoms with Crippen molar-refractivity contribution in [2.24, 2.45) is 0 Å². The van der Waals surface area contributed by atoms with E-state index in [-0.39, 0.29) is 10.3 Å². The maximum atomic E-state index is 12.0. The van der Waals surface area contributed by atoms with E-state index in [1.807, 2.05) is 0 Å². The average Bonchev–Trinajstić information content (AvgIpc) is 2.58. The summed E-state index contributed by atoms with van der Waals surface area (Å²) in [5.41, 5.74) is 0.0988. The number of rotatable bonds is 0. The smallest absolute Gasteiger partial charge is 0.157 e. The number of nitrogens with zero attached hydrogens (tertiary/aromatic N) is 1. The molecular formula is C11H21NO2S. The fraction of sp³-hybridized carbons (Fsp3) is 1.00. The van der Waals surface area contributed by atoms with Gasteiger partial charge in [0.2, 0.25) is 0 Å². The summed E-state index contributed by atoms with van der Waals surface area (Å²) >= 11 is 0. The molecule has 15 heavy (non-hydrogen) atoms. The van der Waals surface area contributed by atoms with Crippen molar-refractivity contribution < 1.29 is 8.42 Å². The molecule has 2 heterocycles. The second-order valence-electron chi connectivity index (χ2n) is 5.95. The summed E-state index contributed by atoms with van der Waals surface area (Å²) in [6.07, 6.45) is 2.58. The number of likely N-dealkylation sites (tertiary alicyclic amines) is 1. The molecule has 2 rings (SSSR count). The van der Waals surface area contributed by atoms with Gasteiger partial charge in [0.15, 0.2) is 9.84 Å². The molecular weight excluding hydrogens is 210 g/mol. The van der Waals surface area contributed by atoms with Crippen molar-refractivity contribution in [3.05, 3.63) is 0 Å². The maximum Gasteiger partial charge on any atom is 0.157 e. The fourth-order valence-corrected chi connectivity index (χ4v) is 5.00. The maximum absolute atomic E-state index is 12.0. The first-order valence-electron chi connectivity index (χ1n) is 5.74. The molecule has 2 aliphatic heterocycles. The van der Waals surface area contributed by atoms with Crippen LogP contribution < -0.4 is 0 Å². The quantitative estimate of drug-likeness (QED) is 0.633. The minimum absolute atomic E-state index is 0.0988. The van der Waals surface area contributed by atoms with Crippen molar-refractivity contribution in [3.8, 4) is 0 Å². The molecule has 0 amide bonds. The second kappa shape index (κ2) is 3.20. The van der Waals surface area contributed by atoms with E-state index in [0.717, 1.165) is 32.4 Å². The zero-order valence-electron chi connectivity index (χ0n) is 9.91.